The van der Waals surface area contributed by atoms with Gasteiger partial charge in [0.05, 0.1) is 24.6 Å². The molecule has 55 heavy (non-hydrogen) atoms. The molecule has 1 aromatic carbocycles. The van der Waals surface area contributed by atoms with Gasteiger partial charge in [-0.05, 0) is 96.3 Å². The van der Waals surface area contributed by atoms with Gasteiger partial charge in [-0.1, -0.05) is 26.0 Å². The Bertz CT molecular complexity index is 2000. The average Bonchev–Trinajstić information content (AvgIpc) is 3.99. The number of sulfonamides is 1. The molecule has 0 spiro atoms. The summed E-state index contributed by atoms with van der Waals surface area (Å²) in [5.41, 5.74) is -2.42. The SMILES string of the molecule is COc1ccc2c(OC3CC4C(=O)NC5(C(=O)NS(=O)(=O)C6(C)CC6)CC5C=CCCC(C)CC(C)C(NC(=O)OC(C)(C)C)C(=O)N4C3)ncc(F)c2c1. The van der Waals surface area contributed by atoms with E-state index in [4.69, 9.17) is 14.2 Å². The molecule has 6 rings (SSSR count). The van der Waals surface area contributed by atoms with Gasteiger partial charge in [-0.15, -0.1) is 0 Å². The molecule has 1 aromatic heterocycles. The second-order valence-electron chi connectivity index (χ2n) is 16.9. The smallest absolute Gasteiger partial charge is 0.408 e. The van der Waals surface area contributed by atoms with Crippen molar-refractivity contribution in [3.8, 4) is 11.6 Å². The van der Waals surface area contributed by atoms with Crippen LogP contribution in [0.25, 0.3) is 10.8 Å². The molecule has 0 bridgehead atoms. The van der Waals surface area contributed by atoms with E-state index in [9.17, 15) is 32.0 Å². The molecule has 300 valence electrons. The molecule has 1 saturated heterocycles. The van der Waals surface area contributed by atoms with E-state index in [1.807, 2.05) is 19.1 Å². The van der Waals surface area contributed by atoms with Gasteiger partial charge < -0.3 is 29.7 Å². The second kappa shape index (κ2) is 14.9. The molecule has 3 heterocycles. The predicted molar refractivity (Wildman–Crippen MR) is 201 cm³/mol. The Kier molecular flexibility index (Phi) is 10.9. The third-order valence-electron chi connectivity index (χ3n) is 11.2. The van der Waals surface area contributed by atoms with Gasteiger partial charge in [0.1, 0.15) is 40.9 Å². The number of benzene rings is 1. The Morgan fingerprint density at radius 2 is 1.84 bits per heavy atom. The number of allylic oxidation sites excluding steroid dienone is 1. The summed E-state index contributed by atoms with van der Waals surface area (Å²) in [6.45, 7) is 10.5. The summed E-state index contributed by atoms with van der Waals surface area (Å²) in [5.74, 6) is -2.91. The molecule has 2 aliphatic heterocycles. The Labute approximate surface area is 321 Å². The van der Waals surface area contributed by atoms with Crippen LogP contribution in [-0.2, 0) is 29.1 Å². The zero-order valence-corrected chi connectivity index (χ0v) is 33.3. The van der Waals surface area contributed by atoms with Gasteiger partial charge in [0.15, 0.2) is 0 Å². The summed E-state index contributed by atoms with van der Waals surface area (Å²) in [7, 11) is -2.56. The molecular weight excluding hydrogens is 734 g/mol. The van der Waals surface area contributed by atoms with Gasteiger partial charge in [-0.3, -0.25) is 19.1 Å². The van der Waals surface area contributed by atoms with E-state index in [0.29, 0.717) is 36.8 Å². The van der Waals surface area contributed by atoms with Gasteiger partial charge in [-0.2, -0.15) is 0 Å². The first kappa shape index (κ1) is 40.2. The number of nitrogens with one attached hydrogen (secondary N) is 3. The predicted octanol–water partition coefficient (Wildman–Crippen LogP) is 4.51. The molecule has 7 atom stereocenters. The number of carbonyl (C=O) groups excluding carboxylic acids is 4. The van der Waals surface area contributed by atoms with Crippen LogP contribution in [0.3, 0.4) is 0 Å². The monoisotopic (exact) mass is 785 g/mol. The van der Waals surface area contributed by atoms with Crippen LogP contribution in [0, 0.1) is 23.6 Å². The van der Waals surface area contributed by atoms with Crippen LogP contribution in [0.5, 0.6) is 11.6 Å². The molecule has 3 N–H and O–H groups in total. The largest absolute Gasteiger partial charge is 0.497 e. The van der Waals surface area contributed by atoms with E-state index in [1.54, 1.807) is 39.8 Å². The number of aromatic nitrogens is 1. The van der Waals surface area contributed by atoms with E-state index < -0.39 is 79.6 Å². The van der Waals surface area contributed by atoms with Gasteiger partial charge in [0, 0.05) is 23.1 Å². The third-order valence-corrected chi connectivity index (χ3v) is 13.4. The third kappa shape index (κ3) is 8.53. The summed E-state index contributed by atoms with van der Waals surface area (Å²) < 4.78 is 59.5. The van der Waals surface area contributed by atoms with Gasteiger partial charge >= 0.3 is 6.09 Å². The van der Waals surface area contributed by atoms with Crippen molar-refractivity contribution < 1.29 is 46.2 Å². The summed E-state index contributed by atoms with van der Waals surface area (Å²) >= 11 is 0. The molecule has 0 radical (unpaired) electrons. The van der Waals surface area contributed by atoms with Crippen molar-refractivity contribution in [3.63, 3.8) is 0 Å². The minimum Gasteiger partial charge on any atom is -0.497 e. The van der Waals surface area contributed by atoms with E-state index in [2.05, 4.69) is 27.3 Å². The van der Waals surface area contributed by atoms with Gasteiger partial charge in [0.25, 0.3) is 5.91 Å². The van der Waals surface area contributed by atoms with Crippen LogP contribution >= 0.6 is 0 Å². The van der Waals surface area contributed by atoms with E-state index in [-0.39, 0.29) is 42.5 Å². The van der Waals surface area contributed by atoms with Crippen LogP contribution < -0.4 is 24.8 Å². The zero-order chi connectivity index (χ0) is 40.1. The van der Waals surface area contributed by atoms with Gasteiger partial charge in [-0.25, -0.2) is 22.6 Å². The Balaban J connectivity index is 1.35. The summed E-state index contributed by atoms with van der Waals surface area (Å²) in [4.78, 5) is 61.8. The zero-order valence-electron chi connectivity index (χ0n) is 32.4. The summed E-state index contributed by atoms with van der Waals surface area (Å²) in [5, 5.41) is 6.18. The van der Waals surface area contributed by atoms with E-state index in [1.165, 1.54) is 18.1 Å². The Morgan fingerprint density at radius 3 is 2.51 bits per heavy atom. The topological polar surface area (TPSA) is 182 Å². The molecule has 4 amide bonds. The first-order chi connectivity index (χ1) is 25.8. The van der Waals surface area contributed by atoms with Crippen molar-refractivity contribution >= 4 is 44.6 Å². The maximum absolute atomic E-state index is 14.9. The molecule has 14 nitrogen and oxygen atoms in total. The van der Waals surface area contributed by atoms with E-state index >= 15 is 0 Å². The highest BCUT2D eigenvalue weighted by Crippen LogP contribution is 2.47. The average molecular weight is 786 g/mol. The number of hydrogen-bond donors (Lipinski definition) is 3. The fourth-order valence-corrected chi connectivity index (χ4v) is 8.88. The molecule has 2 aromatic rings. The van der Waals surface area contributed by atoms with Crippen molar-refractivity contribution in [2.24, 2.45) is 17.8 Å². The van der Waals surface area contributed by atoms with Crippen LogP contribution in [-0.4, -0.2) is 89.8 Å². The number of methoxy groups -OCH3 is 1. The van der Waals surface area contributed by atoms with Crippen molar-refractivity contribution in [1.29, 1.82) is 0 Å². The molecule has 2 saturated carbocycles. The van der Waals surface area contributed by atoms with Crippen LogP contribution in [0.1, 0.15) is 86.5 Å². The number of ether oxygens (including phenoxy) is 3. The molecule has 2 aliphatic carbocycles. The first-order valence-electron chi connectivity index (χ1n) is 18.9. The lowest BCUT2D eigenvalue weighted by Crippen LogP contribution is -2.59. The number of hydrogen-bond acceptors (Lipinski definition) is 10. The quantitative estimate of drug-likeness (QED) is 0.338. The highest BCUT2D eigenvalue weighted by Gasteiger charge is 2.63. The number of carbonyl (C=O) groups is 4. The standard InChI is InChI=1S/C39H52FN5O9S/c1-22-10-8-9-11-24-19-39(24,35(48)44-55(50,51)38(6)14-15-38)43-32(46)30-18-26(53-33-27-13-12-25(52-7)17-28(27)29(40)20-41-33)21-45(30)34(47)31(23(2)16-22)42-36(49)54-37(3,4)5/h9,11-13,17,20,22-24,26,30-31H,8,10,14-16,18-19,21H2,1-7H3,(H,42,49)(H,43,46)(H,44,48). The molecule has 4 aliphatic rings. The maximum atomic E-state index is 14.9. The second-order valence-corrected chi connectivity index (χ2v) is 19.1. The van der Waals surface area contributed by atoms with Crippen molar-refractivity contribution in [2.75, 3.05) is 13.7 Å². The molecule has 16 heteroatoms. The van der Waals surface area contributed by atoms with Crippen molar-refractivity contribution in [2.45, 2.75) is 121 Å². The van der Waals surface area contributed by atoms with Crippen molar-refractivity contribution in [1.82, 2.24) is 25.2 Å². The molecule has 3 fully saturated rings. The normalized spacial score (nSPS) is 29.5. The number of rotatable bonds is 7. The fourth-order valence-electron chi connectivity index (χ4n) is 7.57. The highest BCUT2D eigenvalue weighted by atomic mass is 32.2. The number of nitrogens with zero attached hydrogens (tertiary/aromatic N) is 2. The van der Waals surface area contributed by atoms with Crippen LogP contribution in [0.15, 0.2) is 36.5 Å². The number of alkyl carbamates (subject to hydrolysis) is 1. The van der Waals surface area contributed by atoms with Crippen molar-refractivity contribution in [3.05, 3.63) is 42.4 Å². The van der Waals surface area contributed by atoms with Crippen LogP contribution in [0.4, 0.5) is 9.18 Å². The number of halogens is 1. The number of amides is 4. The number of fused-ring (bicyclic) bond motifs is 3. The summed E-state index contributed by atoms with van der Waals surface area (Å²) in [6.07, 6.45) is 6.09. The van der Waals surface area contributed by atoms with Gasteiger partial charge in [0.2, 0.25) is 27.7 Å². The molecule has 7 unspecified atom stereocenters. The van der Waals surface area contributed by atoms with Crippen LogP contribution in [0.2, 0.25) is 0 Å². The highest BCUT2D eigenvalue weighted by molar-refractivity contribution is 7.91. The lowest BCUT2D eigenvalue weighted by Gasteiger charge is -2.33. The lowest BCUT2D eigenvalue weighted by atomic mass is 9.88. The minimum absolute atomic E-state index is 0.0488. The minimum atomic E-state index is -4.02. The fraction of sp³-hybridized carbons (Fsp3) is 0.615. The Hall–Kier alpha value is -4.47. The lowest BCUT2D eigenvalue weighted by molar-refractivity contribution is -0.142. The number of pyridine rings is 1. The Morgan fingerprint density at radius 1 is 1.11 bits per heavy atom. The first-order valence-corrected chi connectivity index (χ1v) is 20.4. The summed E-state index contributed by atoms with van der Waals surface area (Å²) in [6, 6.07) is 2.46. The molecular formula is C39H52FN5O9S. The van der Waals surface area contributed by atoms with E-state index in [0.717, 1.165) is 12.6 Å². The maximum Gasteiger partial charge on any atom is 0.408 e.